The molecule has 2 aliphatic heterocycles. The lowest BCUT2D eigenvalue weighted by Gasteiger charge is -2.31. The molecule has 4 heterocycles. The number of aliphatic hydroxyl groups is 1. The number of nitrogens with zero attached hydrogens (tertiary/aromatic N) is 2. The number of rotatable bonds is 16. The standard InChI is InChI=1S/C45H59FN6O9/c1-8-45(59)29-19-33-39-27(21-52(33)41(56)28(29)22-60-42(45)57)37-31(15-14-26-24(4)30(46)20-32(51-39)36(26)37)50-35(54)13-11-17-48-40(55)25(18-34(53)38(47)23(2)3)12-9-10-16-49-43(58)61-44(5,6)7/h19-20,23,25,31,38,59H,8-18,21-22,47H2,1-7H3,(H,48,55)(H,49,58)(H,50,54)/t25-,31+,38+,45+/m1/s1. The Morgan fingerprint density at radius 1 is 1.08 bits per heavy atom. The van der Waals surface area contributed by atoms with Crippen molar-refractivity contribution in [2.75, 3.05) is 13.1 Å². The Morgan fingerprint density at radius 3 is 2.49 bits per heavy atom. The van der Waals surface area contributed by atoms with E-state index in [1.54, 1.807) is 40.7 Å². The Labute approximate surface area is 354 Å². The Morgan fingerprint density at radius 2 is 1.80 bits per heavy atom. The second-order valence-electron chi connectivity index (χ2n) is 17.9. The van der Waals surface area contributed by atoms with E-state index in [0.29, 0.717) is 73.1 Å². The minimum atomic E-state index is -2.01. The lowest BCUT2D eigenvalue weighted by Crippen LogP contribution is -2.44. The van der Waals surface area contributed by atoms with Crippen molar-refractivity contribution in [3.8, 4) is 11.4 Å². The summed E-state index contributed by atoms with van der Waals surface area (Å²) >= 11 is 0. The zero-order chi connectivity index (χ0) is 44.6. The highest BCUT2D eigenvalue weighted by atomic mass is 19.1. The van der Waals surface area contributed by atoms with Crippen LogP contribution in [-0.4, -0.2) is 69.1 Å². The predicted octanol–water partition coefficient (Wildman–Crippen LogP) is 4.78. The highest BCUT2D eigenvalue weighted by Crippen LogP contribution is 2.46. The van der Waals surface area contributed by atoms with Gasteiger partial charge in [-0.2, -0.15) is 0 Å². The fraction of sp³-hybridized carbons (Fsp3) is 0.578. The number of ether oxygens (including phenoxy) is 2. The quantitative estimate of drug-likeness (QED) is 0.0763. The van der Waals surface area contributed by atoms with Crippen LogP contribution in [0.25, 0.3) is 22.3 Å². The summed E-state index contributed by atoms with van der Waals surface area (Å²) in [6.45, 7) is 12.8. The molecular weight excluding hydrogens is 788 g/mol. The zero-order valence-electron chi connectivity index (χ0n) is 36.2. The van der Waals surface area contributed by atoms with Gasteiger partial charge in [-0.15, -0.1) is 0 Å². The molecule has 1 aromatic carbocycles. The SMILES string of the molecule is CC[C@@]1(O)C(=O)OCc2c1cc1n(c2=O)Cc2c-1nc1cc(F)c(C)c3c1c2[C@@H](NC(=O)CCCNC(=O)[C@H](CCCCNC(=O)OC(C)(C)C)CC(=O)[C@@H](N)C(C)C)CC3. The average Bonchev–Trinajstić information content (AvgIpc) is 3.57. The first-order valence-electron chi connectivity index (χ1n) is 21.4. The lowest BCUT2D eigenvalue weighted by atomic mass is 9.81. The van der Waals surface area contributed by atoms with Crippen LogP contribution in [-0.2, 0) is 53.8 Å². The van der Waals surface area contributed by atoms with Crippen molar-refractivity contribution < 1.29 is 42.9 Å². The van der Waals surface area contributed by atoms with Crippen LogP contribution in [0.3, 0.4) is 0 Å². The second-order valence-corrected chi connectivity index (χ2v) is 17.9. The normalized spacial score (nSPS) is 18.7. The van der Waals surface area contributed by atoms with Gasteiger partial charge >= 0.3 is 12.1 Å². The molecule has 16 heteroatoms. The number of Topliss-reactive ketones (excluding diaryl/α,β-unsaturated/α-hetero) is 1. The van der Waals surface area contributed by atoms with Crippen LogP contribution in [0.5, 0.6) is 0 Å². The molecule has 0 radical (unpaired) electrons. The van der Waals surface area contributed by atoms with Crippen molar-refractivity contribution in [3.05, 3.63) is 61.7 Å². The van der Waals surface area contributed by atoms with Crippen LogP contribution in [0, 0.1) is 24.6 Å². The maximum Gasteiger partial charge on any atom is 0.407 e. The van der Waals surface area contributed by atoms with Gasteiger partial charge in [0, 0.05) is 54.4 Å². The number of nitrogens with one attached hydrogen (secondary N) is 3. The van der Waals surface area contributed by atoms with Gasteiger partial charge < -0.3 is 40.8 Å². The zero-order valence-corrected chi connectivity index (χ0v) is 36.2. The molecule has 330 valence electrons. The molecule has 6 N–H and O–H groups in total. The van der Waals surface area contributed by atoms with Crippen molar-refractivity contribution in [2.24, 2.45) is 17.6 Å². The van der Waals surface area contributed by atoms with Crippen LogP contribution in [0.15, 0.2) is 16.9 Å². The molecule has 6 rings (SSSR count). The highest BCUT2D eigenvalue weighted by Gasteiger charge is 2.46. The van der Waals surface area contributed by atoms with E-state index >= 15 is 4.39 Å². The number of nitrogens with two attached hydrogens (primary N) is 1. The molecule has 0 bridgehead atoms. The summed E-state index contributed by atoms with van der Waals surface area (Å²) in [6.07, 6.45) is 2.33. The van der Waals surface area contributed by atoms with Crippen molar-refractivity contribution >= 4 is 40.6 Å². The molecule has 0 saturated carbocycles. The molecule has 0 saturated heterocycles. The summed E-state index contributed by atoms with van der Waals surface area (Å²) in [5, 5.41) is 20.8. The number of carbonyl (C=O) groups excluding carboxylic acids is 5. The molecule has 4 atom stereocenters. The highest BCUT2D eigenvalue weighted by molar-refractivity contribution is 5.94. The number of carbonyl (C=O) groups is 5. The van der Waals surface area contributed by atoms with E-state index in [1.807, 2.05) is 13.8 Å². The number of benzene rings is 1. The van der Waals surface area contributed by atoms with E-state index in [1.165, 1.54) is 10.6 Å². The van der Waals surface area contributed by atoms with Gasteiger partial charge in [0.2, 0.25) is 11.8 Å². The maximum atomic E-state index is 15.3. The molecule has 15 nitrogen and oxygen atoms in total. The molecule has 3 amide bonds. The number of ketones is 1. The third-order valence-corrected chi connectivity index (χ3v) is 12.1. The molecule has 0 spiro atoms. The van der Waals surface area contributed by atoms with Crippen LogP contribution in [0.2, 0.25) is 0 Å². The van der Waals surface area contributed by atoms with Gasteiger partial charge in [-0.1, -0.05) is 27.2 Å². The molecule has 0 fully saturated rings. The van der Waals surface area contributed by atoms with Crippen molar-refractivity contribution in [1.82, 2.24) is 25.5 Å². The molecule has 0 unspecified atom stereocenters. The molecule has 61 heavy (non-hydrogen) atoms. The topological polar surface area (TPSA) is 221 Å². The number of unbranched alkanes of at least 4 members (excludes halogenated alkanes) is 1. The molecule has 1 aliphatic carbocycles. The lowest BCUT2D eigenvalue weighted by molar-refractivity contribution is -0.172. The van der Waals surface area contributed by atoms with E-state index in [9.17, 15) is 33.9 Å². The van der Waals surface area contributed by atoms with Crippen molar-refractivity contribution in [2.45, 2.75) is 143 Å². The summed E-state index contributed by atoms with van der Waals surface area (Å²) in [6, 6.07) is 1.77. The van der Waals surface area contributed by atoms with E-state index < -0.39 is 52.6 Å². The number of alkyl carbamates (subject to hydrolysis) is 1. The van der Waals surface area contributed by atoms with Crippen LogP contribution in [0.1, 0.15) is 132 Å². The Bertz CT molecular complexity index is 2320. The number of aromatic nitrogens is 2. The largest absolute Gasteiger partial charge is 0.458 e. The number of pyridine rings is 2. The number of cyclic esters (lactones) is 1. The number of amides is 3. The number of hydrogen-bond acceptors (Lipinski definition) is 11. The third kappa shape index (κ3) is 9.35. The molecule has 2 aromatic heterocycles. The van der Waals surface area contributed by atoms with Gasteiger partial charge in [-0.3, -0.25) is 19.2 Å². The summed E-state index contributed by atoms with van der Waals surface area (Å²) in [5.41, 5.74) is 7.32. The first kappa shape index (κ1) is 45.3. The fourth-order valence-electron chi connectivity index (χ4n) is 8.67. The predicted molar refractivity (Wildman–Crippen MR) is 225 cm³/mol. The van der Waals surface area contributed by atoms with Gasteiger partial charge in [0.1, 0.15) is 18.0 Å². The van der Waals surface area contributed by atoms with Gasteiger partial charge in [0.05, 0.1) is 41.1 Å². The number of hydrogen-bond donors (Lipinski definition) is 5. The number of halogens is 1. The van der Waals surface area contributed by atoms with E-state index in [4.69, 9.17) is 20.2 Å². The van der Waals surface area contributed by atoms with Gasteiger partial charge in [-0.05, 0) is 94.9 Å². The van der Waals surface area contributed by atoms with E-state index in [-0.39, 0.29) is 73.6 Å². The summed E-state index contributed by atoms with van der Waals surface area (Å²) in [7, 11) is 0. The molecular formula is C45H59FN6O9. The average molecular weight is 847 g/mol. The second kappa shape index (κ2) is 18.0. The Balaban J connectivity index is 1.14. The van der Waals surface area contributed by atoms with Crippen LogP contribution < -0.4 is 27.2 Å². The van der Waals surface area contributed by atoms with E-state index in [0.717, 1.165) is 16.5 Å². The number of aryl methyl sites for hydroxylation is 1. The molecule has 3 aliphatic rings. The third-order valence-electron chi connectivity index (χ3n) is 12.1. The number of esters is 1. The minimum Gasteiger partial charge on any atom is -0.458 e. The molecule has 3 aromatic rings. The first-order valence-corrected chi connectivity index (χ1v) is 21.4. The van der Waals surface area contributed by atoms with Crippen LogP contribution in [0.4, 0.5) is 9.18 Å². The van der Waals surface area contributed by atoms with Gasteiger partial charge in [0.15, 0.2) is 11.4 Å². The van der Waals surface area contributed by atoms with E-state index in [2.05, 4.69) is 16.0 Å². The minimum absolute atomic E-state index is 0.0134. The summed E-state index contributed by atoms with van der Waals surface area (Å²) in [5.74, 6) is -2.75. The summed E-state index contributed by atoms with van der Waals surface area (Å²) in [4.78, 5) is 83.5. The fourth-order valence-corrected chi connectivity index (χ4v) is 8.67. The smallest absolute Gasteiger partial charge is 0.407 e. The monoisotopic (exact) mass is 846 g/mol. The maximum absolute atomic E-state index is 15.3. The van der Waals surface area contributed by atoms with Crippen molar-refractivity contribution in [3.63, 3.8) is 0 Å². The van der Waals surface area contributed by atoms with Gasteiger partial charge in [0.25, 0.3) is 5.56 Å². The van der Waals surface area contributed by atoms with Crippen molar-refractivity contribution in [1.29, 1.82) is 0 Å². The van der Waals surface area contributed by atoms with Crippen LogP contribution >= 0.6 is 0 Å². The first-order chi connectivity index (χ1) is 28.7. The Hall–Kier alpha value is -5.22. The number of fused-ring (bicyclic) bond motifs is 5. The summed E-state index contributed by atoms with van der Waals surface area (Å²) < 4.78 is 27.4. The Kier molecular flexibility index (Phi) is 13.4. The van der Waals surface area contributed by atoms with Gasteiger partial charge in [-0.25, -0.2) is 19.0 Å².